The summed E-state index contributed by atoms with van der Waals surface area (Å²) in [5.74, 6) is -0.839. The average molecular weight is 463 g/mol. The van der Waals surface area contributed by atoms with E-state index in [9.17, 15) is 18.8 Å². The van der Waals surface area contributed by atoms with Crippen LogP contribution in [0.1, 0.15) is 34.5 Å². The van der Waals surface area contributed by atoms with Gasteiger partial charge in [0.15, 0.2) is 0 Å². The van der Waals surface area contributed by atoms with E-state index in [-0.39, 0.29) is 36.8 Å². The zero-order valence-electron chi connectivity index (χ0n) is 19.0. The van der Waals surface area contributed by atoms with Crippen molar-refractivity contribution >= 4 is 23.5 Å². The zero-order chi connectivity index (χ0) is 24.5. The van der Waals surface area contributed by atoms with Gasteiger partial charge in [0.25, 0.3) is 5.91 Å². The number of nitrogens with zero attached hydrogens (tertiary/aromatic N) is 1. The first kappa shape index (κ1) is 24.4. The molecule has 3 N–H and O–H groups in total. The Hall–Kier alpha value is -4.20. The summed E-state index contributed by atoms with van der Waals surface area (Å²) in [6, 6.07) is 21.2. The number of amides is 4. The molecule has 0 aromatic heterocycles. The van der Waals surface area contributed by atoms with Crippen molar-refractivity contribution in [1.29, 1.82) is 0 Å². The summed E-state index contributed by atoms with van der Waals surface area (Å²) < 4.78 is 12.9. The Morgan fingerprint density at radius 1 is 0.912 bits per heavy atom. The second kappa shape index (κ2) is 11.6. The highest BCUT2D eigenvalue weighted by molar-refractivity contribution is 6.04. The van der Waals surface area contributed by atoms with Crippen LogP contribution in [0, 0.1) is 5.82 Å². The fourth-order valence-electron chi connectivity index (χ4n) is 3.24. The summed E-state index contributed by atoms with van der Waals surface area (Å²) in [6.45, 7) is 1.90. The van der Waals surface area contributed by atoms with Gasteiger partial charge in [0.1, 0.15) is 5.82 Å². The van der Waals surface area contributed by atoms with Crippen molar-refractivity contribution in [2.45, 2.75) is 19.5 Å². The number of hydrogen-bond acceptors (Lipinski definition) is 3. The van der Waals surface area contributed by atoms with Gasteiger partial charge in [-0.2, -0.15) is 0 Å². The Balaban J connectivity index is 1.50. The standard InChI is InChI=1S/C26H27FN4O3/c1-18(21-9-6-10-23(15-21)30-25(33)20-7-4-3-5-8-20)31(2)24(32)17-29-26(34)28-16-19-11-13-22(27)14-12-19/h3-15,18H,16-17H2,1-2H3,(H,30,33)(H2,28,29,34)/t18-/m0/s1. The van der Waals surface area contributed by atoms with Crippen molar-refractivity contribution in [1.82, 2.24) is 15.5 Å². The van der Waals surface area contributed by atoms with E-state index in [0.29, 0.717) is 11.3 Å². The van der Waals surface area contributed by atoms with E-state index in [1.807, 2.05) is 31.2 Å². The lowest BCUT2D eigenvalue weighted by atomic mass is 10.1. The lowest BCUT2D eigenvalue weighted by molar-refractivity contribution is -0.130. The third kappa shape index (κ3) is 6.90. The molecular weight excluding hydrogens is 435 g/mol. The number of benzene rings is 3. The van der Waals surface area contributed by atoms with Crippen molar-refractivity contribution in [2.75, 3.05) is 18.9 Å². The van der Waals surface area contributed by atoms with Crippen molar-refractivity contribution in [2.24, 2.45) is 0 Å². The predicted molar refractivity (Wildman–Crippen MR) is 129 cm³/mol. The van der Waals surface area contributed by atoms with Crippen LogP contribution in [0.2, 0.25) is 0 Å². The van der Waals surface area contributed by atoms with Gasteiger partial charge in [-0.3, -0.25) is 9.59 Å². The number of anilines is 1. The highest BCUT2D eigenvalue weighted by Crippen LogP contribution is 2.22. The molecule has 176 valence electrons. The van der Waals surface area contributed by atoms with E-state index in [0.717, 1.165) is 11.1 Å². The molecule has 3 rings (SSSR count). The number of urea groups is 1. The lowest BCUT2D eigenvalue weighted by Crippen LogP contribution is -2.43. The highest BCUT2D eigenvalue weighted by atomic mass is 19.1. The van der Waals surface area contributed by atoms with Crippen LogP contribution >= 0.6 is 0 Å². The summed E-state index contributed by atoms with van der Waals surface area (Å²) in [7, 11) is 1.65. The van der Waals surface area contributed by atoms with Crippen LogP contribution in [0.4, 0.5) is 14.9 Å². The predicted octanol–water partition coefficient (Wildman–Crippen LogP) is 4.10. The molecule has 0 radical (unpaired) electrons. The summed E-state index contributed by atoms with van der Waals surface area (Å²) in [6.07, 6.45) is 0. The van der Waals surface area contributed by atoms with E-state index in [1.54, 1.807) is 49.5 Å². The van der Waals surface area contributed by atoms with Gasteiger partial charge in [-0.15, -0.1) is 0 Å². The van der Waals surface area contributed by atoms with E-state index in [2.05, 4.69) is 16.0 Å². The molecule has 0 aliphatic carbocycles. The monoisotopic (exact) mass is 462 g/mol. The smallest absolute Gasteiger partial charge is 0.315 e. The fraction of sp³-hybridized carbons (Fsp3) is 0.192. The number of rotatable bonds is 8. The number of carbonyl (C=O) groups is 3. The van der Waals surface area contributed by atoms with E-state index >= 15 is 0 Å². The molecule has 0 aliphatic rings. The molecule has 0 aliphatic heterocycles. The minimum Gasteiger partial charge on any atom is -0.337 e. The average Bonchev–Trinajstić information content (AvgIpc) is 2.86. The van der Waals surface area contributed by atoms with Gasteiger partial charge in [0, 0.05) is 24.8 Å². The van der Waals surface area contributed by atoms with Gasteiger partial charge in [0.2, 0.25) is 5.91 Å². The lowest BCUT2D eigenvalue weighted by Gasteiger charge is -2.26. The Morgan fingerprint density at radius 2 is 1.62 bits per heavy atom. The fourth-order valence-corrected chi connectivity index (χ4v) is 3.24. The van der Waals surface area contributed by atoms with Crippen LogP contribution in [0.25, 0.3) is 0 Å². The molecule has 0 heterocycles. The maximum Gasteiger partial charge on any atom is 0.315 e. The van der Waals surface area contributed by atoms with Gasteiger partial charge >= 0.3 is 6.03 Å². The van der Waals surface area contributed by atoms with Crippen molar-refractivity contribution in [3.05, 3.63) is 101 Å². The van der Waals surface area contributed by atoms with Gasteiger partial charge in [0.05, 0.1) is 12.6 Å². The molecule has 34 heavy (non-hydrogen) atoms. The molecule has 0 bridgehead atoms. The quantitative estimate of drug-likeness (QED) is 0.471. The molecular formula is C26H27FN4O3. The number of nitrogens with one attached hydrogen (secondary N) is 3. The molecule has 0 unspecified atom stereocenters. The molecule has 3 aromatic rings. The van der Waals surface area contributed by atoms with Crippen LogP contribution in [0.5, 0.6) is 0 Å². The Bertz CT molecular complexity index is 1140. The van der Waals surface area contributed by atoms with Gasteiger partial charge < -0.3 is 20.9 Å². The Morgan fingerprint density at radius 3 is 2.32 bits per heavy atom. The van der Waals surface area contributed by atoms with Gasteiger partial charge in [-0.05, 0) is 54.4 Å². The van der Waals surface area contributed by atoms with Crippen LogP contribution in [0.15, 0.2) is 78.9 Å². The molecule has 4 amide bonds. The molecule has 3 aromatic carbocycles. The first-order chi connectivity index (χ1) is 16.3. The first-order valence-electron chi connectivity index (χ1n) is 10.8. The molecule has 0 fully saturated rings. The first-order valence-corrected chi connectivity index (χ1v) is 10.8. The number of likely N-dealkylation sites (N-methyl/N-ethyl adjacent to an activating group) is 1. The minimum absolute atomic E-state index is 0.180. The van der Waals surface area contributed by atoms with Crippen molar-refractivity contribution in [3.8, 4) is 0 Å². The molecule has 1 atom stereocenters. The van der Waals surface area contributed by atoms with E-state index < -0.39 is 6.03 Å². The second-order valence-corrected chi connectivity index (χ2v) is 7.79. The maximum atomic E-state index is 12.9. The molecule has 0 spiro atoms. The molecule has 7 nitrogen and oxygen atoms in total. The minimum atomic E-state index is -0.496. The van der Waals surface area contributed by atoms with Crippen LogP contribution in [-0.4, -0.2) is 36.3 Å². The van der Waals surface area contributed by atoms with Crippen LogP contribution in [0.3, 0.4) is 0 Å². The summed E-state index contributed by atoms with van der Waals surface area (Å²) in [5, 5.41) is 8.03. The maximum absolute atomic E-state index is 12.9. The van der Waals surface area contributed by atoms with E-state index in [1.165, 1.54) is 17.0 Å². The summed E-state index contributed by atoms with van der Waals surface area (Å²) in [5.41, 5.74) is 2.75. The SMILES string of the molecule is C[C@@H](c1cccc(NC(=O)c2ccccc2)c1)N(C)C(=O)CNC(=O)NCc1ccc(F)cc1. The summed E-state index contributed by atoms with van der Waals surface area (Å²) in [4.78, 5) is 38.5. The van der Waals surface area contributed by atoms with Crippen molar-refractivity contribution in [3.63, 3.8) is 0 Å². The third-order valence-electron chi connectivity index (χ3n) is 5.40. The number of carbonyl (C=O) groups excluding carboxylic acids is 3. The van der Waals surface area contributed by atoms with Crippen LogP contribution in [-0.2, 0) is 11.3 Å². The zero-order valence-corrected chi connectivity index (χ0v) is 19.0. The normalized spacial score (nSPS) is 11.3. The topological polar surface area (TPSA) is 90.5 Å². The Labute approximate surface area is 198 Å². The number of hydrogen-bond donors (Lipinski definition) is 3. The molecule has 8 heteroatoms. The summed E-state index contributed by atoms with van der Waals surface area (Å²) >= 11 is 0. The van der Waals surface area contributed by atoms with Crippen LogP contribution < -0.4 is 16.0 Å². The number of halogens is 1. The highest BCUT2D eigenvalue weighted by Gasteiger charge is 2.18. The molecule has 0 saturated heterocycles. The van der Waals surface area contributed by atoms with Gasteiger partial charge in [-0.25, -0.2) is 9.18 Å². The van der Waals surface area contributed by atoms with E-state index in [4.69, 9.17) is 0 Å². The molecule has 0 saturated carbocycles. The van der Waals surface area contributed by atoms with Crippen molar-refractivity contribution < 1.29 is 18.8 Å². The third-order valence-corrected chi connectivity index (χ3v) is 5.40. The van der Waals surface area contributed by atoms with Gasteiger partial charge in [-0.1, -0.05) is 42.5 Å². The Kier molecular flexibility index (Phi) is 8.34. The second-order valence-electron chi connectivity index (χ2n) is 7.79. The largest absolute Gasteiger partial charge is 0.337 e.